The number of halogens is 1. The first-order valence-corrected chi connectivity index (χ1v) is 10.6. The third kappa shape index (κ3) is 5.84. The number of ether oxygens (including phenoxy) is 1. The highest BCUT2D eigenvalue weighted by atomic mass is 127. The van der Waals surface area contributed by atoms with Crippen molar-refractivity contribution in [3.63, 3.8) is 0 Å². The fraction of sp³-hybridized carbons (Fsp3) is 0.375. The molecular weight excluding hydrogens is 501 g/mol. The third-order valence-electron chi connectivity index (χ3n) is 5.80. The summed E-state index contributed by atoms with van der Waals surface area (Å²) < 4.78 is 5.26. The van der Waals surface area contributed by atoms with Gasteiger partial charge in [0.05, 0.1) is 7.11 Å². The first-order valence-electron chi connectivity index (χ1n) is 10.6. The first kappa shape index (κ1) is 23.2. The van der Waals surface area contributed by atoms with Gasteiger partial charge < -0.3 is 24.8 Å². The van der Waals surface area contributed by atoms with Crippen molar-refractivity contribution in [2.75, 3.05) is 63.2 Å². The van der Waals surface area contributed by atoms with E-state index in [0.717, 1.165) is 57.5 Å². The van der Waals surface area contributed by atoms with E-state index in [9.17, 15) is 0 Å². The van der Waals surface area contributed by atoms with E-state index in [2.05, 4.69) is 73.6 Å². The molecular formula is C24H32IN5O. The molecule has 2 aliphatic heterocycles. The van der Waals surface area contributed by atoms with Gasteiger partial charge in [-0.05, 0) is 42.0 Å². The van der Waals surface area contributed by atoms with Crippen molar-refractivity contribution in [3.8, 4) is 5.75 Å². The molecule has 2 aromatic rings. The molecule has 2 aliphatic rings. The smallest absolute Gasteiger partial charge is 0.194 e. The lowest BCUT2D eigenvalue weighted by molar-refractivity contribution is 0.372. The molecule has 7 heteroatoms. The molecule has 0 unspecified atom stereocenters. The minimum Gasteiger partial charge on any atom is -0.497 e. The minimum absolute atomic E-state index is 0. The Labute approximate surface area is 202 Å². The molecule has 0 bridgehead atoms. The minimum atomic E-state index is 0. The highest BCUT2D eigenvalue weighted by molar-refractivity contribution is 14.0. The topological polar surface area (TPSA) is 43.3 Å². The van der Waals surface area contributed by atoms with E-state index in [1.807, 2.05) is 19.2 Å². The van der Waals surface area contributed by atoms with Gasteiger partial charge in [0.1, 0.15) is 5.75 Å². The van der Waals surface area contributed by atoms with Crippen LogP contribution in [0.15, 0.2) is 65.7 Å². The SMILES string of the molecule is CN=C(NCc1ccc(N2CC=CC2)cc1)N1CCN(c2ccc(OC)cc2)CC1.I. The van der Waals surface area contributed by atoms with Crippen molar-refractivity contribution in [1.82, 2.24) is 10.2 Å². The summed E-state index contributed by atoms with van der Waals surface area (Å²) in [4.78, 5) is 11.6. The van der Waals surface area contributed by atoms with E-state index in [0.29, 0.717) is 0 Å². The Balaban J connectivity index is 0.00000272. The Morgan fingerprint density at radius 1 is 0.871 bits per heavy atom. The standard InChI is InChI=1S/C24H31N5O.HI/c1-25-24(26-19-20-5-7-21(8-6-20)27-13-3-4-14-27)29-17-15-28(16-18-29)22-9-11-23(30-2)12-10-22;/h3-12H,13-19H2,1-2H3,(H,25,26);1H. The van der Waals surface area contributed by atoms with Gasteiger partial charge in [0.25, 0.3) is 0 Å². The Kier molecular flexibility index (Phi) is 8.45. The van der Waals surface area contributed by atoms with Gasteiger partial charge >= 0.3 is 0 Å². The molecule has 0 radical (unpaired) electrons. The predicted octanol–water partition coefficient (Wildman–Crippen LogP) is 3.59. The normalized spacial score (nSPS) is 16.3. The number of benzene rings is 2. The van der Waals surface area contributed by atoms with Crippen LogP contribution in [0.2, 0.25) is 0 Å². The first-order chi connectivity index (χ1) is 14.8. The van der Waals surface area contributed by atoms with Crippen LogP contribution in [0.1, 0.15) is 5.56 Å². The molecule has 1 saturated heterocycles. The second-order valence-electron chi connectivity index (χ2n) is 7.62. The average Bonchev–Trinajstić information content (AvgIpc) is 3.35. The maximum atomic E-state index is 5.26. The lowest BCUT2D eigenvalue weighted by Crippen LogP contribution is -2.52. The van der Waals surface area contributed by atoms with Crippen molar-refractivity contribution < 1.29 is 4.74 Å². The fourth-order valence-corrected chi connectivity index (χ4v) is 4.00. The summed E-state index contributed by atoms with van der Waals surface area (Å²) in [7, 11) is 3.56. The van der Waals surface area contributed by atoms with E-state index in [4.69, 9.17) is 4.74 Å². The van der Waals surface area contributed by atoms with Gasteiger partial charge in [-0.2, -0.15) is 0 Å². The lowest BCUT2D eigenvalue weighted by atomic mass is 10.2. The number of nitrogens with one attached hydrogen (secondary N) is 1. The van der Waals surface area contributed by atoms with Crippen LogP contribution < -0.4 is 19.9 Å². The zero-order chi connectivity index (χ0) is 20.8. The van der Waals surface area contributed by atoms with E-state index in [1.165, 1.54) is 16.9 Å². The van der Waals surface area contributed by atoms with Gasteiger partial charge in [0.2, 0.25) is 0 Å². The molecule has 0 aromatic heterocycles. The molecule has 0 atom stereocenters. The van der Waals surface area contributed by atoms with Crippen LogP contribution in [0.25, 0.3) is 0 Å². The molecule has 0 aliphatic carbocycles. The van der Waals surface area contributed by atoms with Gasteiger partial charge in [0.15, 0.2) is 5.96 Å². The second-order valence-corrected chi connectivity index (χ2v) is 7.62. The number of methoxy groups -OCH3 is 1. The Morgan fingerprint density at radius 3 is 2.03 bits per heavy atom. The molecule has 2 heterocycles. The van der Waals surface area contributed by atoms with Crippen LogP contribution >= 0.6 is 24.0 Å². The average molecular weight is 533 g/mol. The van der Waals surface area contributed by atoms with Gasteiger partial charge in [-0.3, -0.25) is 4.99 Å². The molecule has 0 amide bonds. The molecule has 1 fully saturated rings. The summed E-state index contributed by atoms with van der Waals surface area (Å²) in [5, 5.41) is 3.53. The number of piperazine rings is 1. The van der Waals surface area contributed by atoms with Gasteiger partial charge in [-0.25, -0.2) is 0 Å². The summed E-state index contributed by atoms with van der Waals surface area (Å²) in [6, 6.07) is 17.1. The number of anilines is 2. The predicted molar refractivity (Wildman–Crippen MR) is 140 cm³/mol. The van der Waals surface area contributed by atoms with E-state index >= 15 is 0 Å². The number of aliphatic imine (C=N–C) groups is 1. The maximum Gasteiger partial charge on any atom is 0.194 e. The quantitative estimate of drug-likeness (QED) is 0.276. The summed E-state index contributed by atoms with van der Waals surface area (Å²) in [5.74, 6) is 1.87. The van der Waals surface area contributed by atoms with E-state index < -0.39 is 0 Å². The Hall–Kier alpha value is -2.42. The zero-order valence-corrected chi connectivity index (χ0v) is 20.7. The van der Waals surface area contributed by atoms with Crippen LogP contribution in [-0.4, -0.2) is 64.3 Å². The fourth-order valence-electron chi connectivity index (χ4n) is 4.00. The number of hydrogen-bond donors (Lipinski definition) is 1. The van der Waals surface area contributed by atoms with Crippen molar-refractivity contribution in [1.29, 1.82) is 0 Å². The molecule has 166 valence electrons. The van der Waals surface area contributed by atoms with Crippen LogP contribution in [-0.2, 0) is 6.54 Å². The van der Waals surface area contributed by atoms with Crippen molar-refractivity contribution in [2.24, 2.45) is 4.99 Å². The van der Waals surface area contributed by atoms with Crippen LogP contribution in [0.5, 0.6) is 5.75 Å². The van der Waals surface area contributed by atoms with Crippen LogP contribution in [0.3, 0.4) is 0 Å². The van der Waals surface area contributed by atoms with Gasteiger partial charge in [-0.15, -0.1) is 24.0 Å². The van der Waals surface area contributed by atoms with Crippen molar-refractivity contribution in [3.05, 3.63) is 66.2 Å². The number of rotatable bonds is 5. The second kappa shape index (κ2) is 11.3. The summed E-state index contributed by atoms with van der Waals surface area (Å²) in [6.07, 6.45) is 4.43. The summed E-state index contributed by atoms with van der Waals surface area (Å²) in [6.45, 7) is 6.65. The van der Waals surface area contributed by atoms with E-state index in [1.54, 1.807) is 7.11 Å². The molecule has 1 N–H and O–H groups in total. The molecule has 6 nitrogen and oxygen atoms in total. The summed E-state index contributed by atoms with van der Waals surface area (Å²) in [5.41, 5.74) is 3.79. The number of guanidine groups is 1. The van der Waals surface area contributed by atoms with Crippen LogP contribution in [0, 0.1) is 0 Å². The Bertz CT molecular complexity index is 866. The number of hydrogen-bond acceptors (Lipinski definition) is 4. The zero-order valence-electron chi connectivity index (χ0n) is 18.3. The van der Waals surface area contributed by atoms with Gasteiger partial charge in [0, 0.05) is 64.2 Å². The molecule has 31 heavy (non-hydrogen) atoms. The summed E-state index contributed by atoms with van der Waals surface area (Å²) >= 11 is 0. The Morgan fingerprint density at radius 2 is 1.45 bits per heavy atom. The maximum absolute atomic E-state index is 5.26. The third-order valence-corrected chi connectivity index (χ3v) is 5.80. The van der Waals surface area contributed by atoms with Gasteiger partial charge in [-0.1, -0.05) is 24.3 Å². The van der Waals surface area contributed by atoms with Crippen molar-refractivity contribution in [2.45, 2.75) is 6.54 Å². The van der Waals surface area contributed by atoms with Crippen LogP contribution in [0.4, 0.5) is 11.4 Å². The van der Waals surface area contributed by atoms with Crippen molar-refractivity contribution >= 4 is 41.3 Å². The number of nitrogens with zero attached hydrogens (tertiary/aromatic N) is 4. The molecule has 2 aromatic carbocycles. The highest BCUT2D eigenvalue weighted by Gasteiger charge is 2.20. The molecule has 4 rings (SSSR count). The molecule has 0 spiro atoms. The molecule has 0 saturated carbocycles. The monoisotopic (exact) mass is 533 g/mol. The highest BCUT2D eigenvalue weighted by Crippen LogP contribution is 2.21. The largest absolute Gasteiger partial charge is 0.497 e. The van der Waals surface area contributed by atoms with E-state index in [-0.39, 0.29) is 24.0 Å². The lowest BCUT2D eigenvalue weighted by Gasteiger charge is -2.37.